The van der Waals surface area contributed by atoms with Gasteiger partial charge in [0.05, 0.1) is 6.54 Å². The minimum atomic E-state index is 0.182. The van der Waals surface area contributed by atoms with Gasteiger partial charge in [0.15, 0.2) is 11.6 Å². The van der Waals surface area contributed by atoms with Gasteiger partial charge in [-0.2, -0.15) is 0 Å². The molecule has 0 bridgehead atoms. The van der Waals surface area contributed by atoms with E-state index in [1.165, 1.54) is 0 Å². The summed E-state index contributed by atoms with van der Waals surface area (Å²) in [4.78, 5) is 11.8. The van der Waals surface area contributed by atoms with E-state index in [0.29, 0.717) is 13.0 Å². The lowest BCUT2D eigenvalue weighted by molar-refractivity contribution is -0.119. The maximum absolute atomic E-state index is 11.8. The molecule has 17 heavy (non-hydrogen) atoms. The van der Waals surface area contributed by atoms with Gasteiger partial charge in [0.2, 0.25) is 0 Å². The molecular weight excluding hydrogens is 284 g/mol. The molecule has 1 aromatic carbocycles. The highest BCUT2D eigenvalue weighted by molar-refractivity contribution is 9.10. The highest BCUT2D eigenvalue weighted by Gasteiger charge is 2.29. The number of ketones is 1. The number of fused-ring (bicyclic) bond motifs is 3. The fraction of sp³-hybridized carbons (Fsp3) is 0.273. The third-order valence-electron chi connectivity index (χ3n) is 2.80. The first-order chi connectivity index (χ1) is 8.13. The van der Waals surface area contributed by atoms with Crippen molar-refractivity contribution in [2.24, 2.45) is 5.10 Å². The van der Waals surface area contributed by atoms with Crippen LogP contribution in [0.4, 0.5) is 0 Å². The van der Waals surface area contributed by atoms with Crippen LogP contribution in [0.2, 0.25) is 0 Å². The lowest BCUT2D eigenvalue weighted by atomic mass is 10.0. The molecule has 0 saturated carbocycles. The van der Waals surface area contributed by atoms with E-state index in [1.54, 1.807) is 10.1 Å². The molecule has 0 atom stereocenters. The van der Waals surface area contributed by atoms with Crippen molar-refractivity contribution in [2.75, 3.05) is 13.6 Å². The number of hydrazine groups is 2. The normalized spacial score (nSPS) is 18.7. The molecule has 1 N–H and O–H groups in total. The van der Waals surface area contributed by atoms with Gasteiger partial charge >= 0.3 is 0 Å². The van der Waals surface area contributed by atoms with Gasteiger partial charge in [0, 0.05) is 23.5 Å². The molecule has 88 valence electrons. The fourth-order valence-corrected chi connectivity index (χ4v) is 2.47. The van der Waals surface area contributed by atoms with E-state index >= 15 is 0 Å². The lowest BCUT2D eigenvalue weighted by Crippen LogP contribution is -2.43. The number of carbonyl (C=O) groups is 1. The largest absolute Gasteiger partial charge is 0.297 e. The molecular formula is C11H11BrN4O. The van der Waals surface area contributed by atoms with Gasteiger partial charge in [0.25, 0.3) is 0 Å². The molecule has 6 heteroatoms. The van der Waals surface area contributed by atoms with Crippen LogP contribution in [-0.4, -0.2) is 35.3 Å². The molecule has 0 amide bonds. The van der Waals surface area contributed by atoms with Crippen LogP contribution in [0.1, 0.15) is 11.1 Å². The molecule has 5 nitrogen and oxygen atoms in total. The minimum absolute atomic E-state index is 0.182. The Morgan fingerprint density at radius 1 is 1.47 bits per heavy atom. The Balaban J connectivity index is 2.17. The van der Waals surface area contributed by atoms with Crippen molar-refractivity contribution in [2.45, 2.75) is 6.42 Å². The van der Waals surface area contributed by atoms with E-state index in [2.05, 4.69) is 26.6 Å². The van der Waals surface area contributed by atoms with Crippen LogP contribution in [0, 0.1) is 0 Å². The zero-order valence-corrected chi connectivity index (χ0v) is 10.9. The number of nitrogens with zero attached hydrogens (tertiary/aromatic N) is 3. The van der Waals surface area contributed by atoms with E-state index in [4.69, 9.17) is 0 Å². The Kier molecular flexibility index (Phi) is 2.41. The smallest absolute Gasteiger partial charge is 0.174 e. The van der Waals surface area contributed by atoms with E-state index in [9.17, 15) is 4.79 Å². The standard InChI is InChI=1S/C11H11BrN4O/c1-15-13-11-10-5-8(12)3-2-7(10)4-9(17)6-16(11)14-15/h2-3,5,14H,4,6H2,1H3. The van der Waals surface area contributed by atoms with Crippen LogP contribution >= 0.6 is 15.9 Å². The predicted octanol–water partition coefficient (Wildman–Crippen LogP) is 0.903. The fourth-order valence-electron chi connectivity index (χ4n) is 2.11. The summed E-state index contributed by atoms with van der Waals surface area (Å²) in [6.45, 7) is 0.343. The van der Waals surface area contributed by atoms with Crippen LogP contribution < -0.4 is 5.53 Å². The first-order valence-electron chi connectivity index (χ1n) is 5.30. The second kappa shape index (κ2) is 3.82. The molecule has 0 unspecified atom stereocenters. The number of halogens is 1. The van der Waals surface area contributed by atoms with Crippen LogP contribution in [0.25, 0.3) is 0 Å². The number of hydrogen-bond donors (Lipinski definition) is 1. The van der Waals surface area contributed by atoms with Crippen LogP contribution in [0.5, 0.6) is 0 Å². The van der Waals surface area contributed by atoms with Gasteiger partial charge in [-0.3, -0.25) is 9.80 Å². The average molecular weight is 295 g/mol. The third kappa shape index (κ3) is 1.83. The summed E-state index contributed by atoms with van der Waals surface area (Å²) < 4.78 is 0.989. The Hall–Kier alpha value is -1.40. The monoisotopic (exact) mass is 294 g/mol. The molecule has 2 aliphatic heterocycles. The van der Waals surface area contributed by atoms with Gasteiger partial charge in [0.1, 0.15) is 0 Å². The average Bonchev–Trinajstić information content (AvgIpc) is 2.56. The SMILES string of the molecule is CN1N=C2c3cc(Br)ccc3CC(=O)CN2N1. The van der Waals surface area contributed by atoms with E-state index < -0.39 is 0 Å². The van der Waals surface area contributed by atoms with Crippen molar-refractivity contribution in [1.82, 2.24) is 15.7 Å². The molecule has 0 fully saturated rings. The summed E-state index contributed by atoms with van der Waals surface area (Å²) >= 11 is 3.45. The van der Waals surface area contributed by atoms with Gasteiger partial charge < -0.3 is 0 Å². The number of amidine groups is 1. The molecule has 0 radical (unpaired) electrons. The maximum atomic E-state index is 11.8. The topological polar surface area (TPSA) is 47.9 Å². The number of Topliss-reactive ketones (excluding diaryl/α,β-unsaturated/α-hetero) is 1. The minimum Gasteiger partial charge on any atom is -0.297 e. The van der Waals surface area contributed by atoms with Crippen LogP contribution in [0.3, 0.4) is 0 Å². The predicted molar refractivity (Wildman–Crippen MR) is 67.0 cm³/mol. The summed E-state index contributed by atoms with van der Waals surface area (Å²) in [6, 6.07) is 5.93. The van der Waals surface area contributed by atoms with Crippen molar-refractivity contribution in [3.8, 4) is 0 Å². The van der Waals surface area contributed by atoms with E-state index in [0.717, 1.165) is 21.4 Å². The van der Waals surface area contributed by atoms with Crippen LogP contribution in [-0.2, 0) is 11.2 Å². The number of rotatable bonds is 0. The number of hydrogen-bond acceptors (Lipinski definition) is 5. The molecule has 3 rings (SSSR count). The Bertz CT molecular complexity index is 528. The highest BCUT2D eigenvalue weighted by atomic mass is 79.9. The first-order valence-corrected chi connectivity index (χ1v) is 6.09. The Labute approximate surface area is 107 Å². The van der Waals surface area contributed by atoms with Gasteiger partial charge in [-0.25, -0.2) is 5.12 Å². The van der Waals surface area contributed by atoms with Crippen LogP contribution in [0.15, 0.2) is 27.8 Å². The Morgan fingerprint density at radius 2 is 2.29 bits per heavy atom. The van der Waals surface area contributed by atoms with E-state index in [-0.39, 0.29) is 5.78 Å². The molecule has 0 aliphatic carbocycles. The molecule has 0 saturated heterocycles. The number of benzene rings is 1. The molecule has 2 heterocycles. The van der Waals surface area contributed by atoms with Crippen molar-refractivity contribution in [3.63, 3.8) is 0 Å². The number of carbonyl (C=O) groups excluding carboxylic acids is 1. The van der Waals surface area contributed by atoms with E-state index in [1.807, 2.05) is 25.2 Å². The third-order valence-corrected chi connectivity index (χ3v) is 3.29. The molecule has 0 aromatic heterocycles. The highest BCUT2D eigenvalue weighted by Crippen LogP contribution is 2.23. The van der Waals surface area contributed by atoms with Crippen molar-refractivity contribution in [1.29, 1.82) is 0 Å². The molecule has 1 aromatic rings. The number of nitrogens with one attached hydrogen (secondary N) is 1. The summed E-state index contributed by atoms with van der Waals surface area (Å²) in [5.41, 5.74) is 5.04. The Morgan fingerprint density at radius 3 is 3.12 bits per heavy atom. The van der Waals surface area contributed by atoms with Gasteiger partial charge in [-0.15, -0.1) is 10.6 Å². The lowest BCUT2D eigenvalue weighted by Gasteiger charge is -2.17. The zero-order valence-electron chi connectivity index (χ0n) is 9.27. The summed E-state index contributed by atoms with van der Waals surface area (Å²) in [7, 11) is 1.81. The van der Waals surface area contributed by atoms with Crippen molar-refractivity contribution < 1.29 is 4.79 Å². The van der Waals surface area contributed by atoms with Crippen molar-refractivity contribution in [3.05, 3.63) is 33.8 Å². The summed E-state index contributed by atoms with van der Waals surface area (Å²) in [6.07, 6.45) is 0.462. The molecule has 0 spiro atoms. The van der Waals surface area contributed by atoms with Gasteiger partial charge in [-0.05, 0) is 17.7 Å². The second-order valence-corrected chi connectivity index (χ2v) is 5.07. The summed E-state index contributed by atoms with van der Waals surface area (Å²) in [5, 5.41) is 7.77. The summed E-state index contributed by atoms with van der Waals surface area (Å²) in [5.74, 6) is 0.983. The zero-order chi connectivity index (χ0) is 12.0. The first kappa shape index (κ1) is 10.7. The van der Waals surface area contributed by atoms with Crippen molar-refractivity contribution >= 4 is 27.5 Å². The quantitative estimate of drug-likeness (QED) is 0.772. The second-order valence-electron chi connectivity index (χ2n) is 4.15. The molecule has 2 aliphatic rings. The number of hydrazone groups is 1. The maximum Gasteiger partial charge on any atom is 0.174 e. The van der Waals surface area contributed by atoms with Gasteiger partial charge in [-0.1, -0.05) is 22.0 Å².